The van der Waals surface area contributed by atoms with Gasteiger partial charge in [-0.15, -0.1) is 24.0 Å². The van der Waals surface area contributed by atoms with Crippen molar-refractivity contribution in [1.82, 2.24) is 10.6 Å². The summed E-state index contributed by atoms with van der Waals surface area (Å²) in [5, 5.41) is 16.5. The third kappa shape index (κ3) is 8.62. The van der Waals surface area contributed by atoms with Gasteiger partial charge in [0.15, 0.2) is 5.96 Å². The maximum Gasteiger partial charge on any atom is 0.191 e. The van der Waals surface area contributed by atoms with E-state index < -0.39 is 6.10 Å². The number of benzene rings is 2. The monoisotopic (exact) mass is 483 g/mol. The quantitative estimate of drug-likeness (QED) is 0.306. The van der Waals surface area contributed by atoms with E-state index in [1.54, 1.807) is 0 Å². The largest absolute Gasteiger partial charge is 0.491 e. The highest BCUT2D eigenvalue weighted by molar-refractivity contribution is 14.0. The Bertz CT molecular complexity index is 722. The van der Waals surface area contributed by atoms with E-state index in [2.05, 4.69) is 34.7 Å². The molecule has 1 unspecified atom stereocenters. The standard InChI is InChI=1S/C21H29N3O2.HI/c1-4-22-21(23-13-18-10-6-5-9-17(18)3)24-14-19(25)15-26-20-11-7-8-16(2)12-20;/h5-12,19,25H,4,13-15H2,1-3H3,(H2,22,23,24);1H. The van der Waals surface area contributed by atoms with Crippen LogP contribution in [0.4, 0.5) is 0 Å². The van der Waals surface area contributed by atoms with Gasteiger partial charge in [0.05, 0.1) is 6.54 Å². The van der Waals surface area contributed by atoms with Gasteiger partial charge < -0.3 is 20.5 Å². The Balaban J connectivity index is 0.00000364. The number of aliphatic hydroxyl groups excluding tert-OH is 1. The topological polar surface area (TPSA) is 65.9 Å². The zero-order valence-electron chi connectivity index (χ0n) is 16.2. The van der Waals surface area contributed by atoms with Crippen LogP contribution in [-0.4, -0.2) is 36.9 Å². The van der Waals surface area contributed by atoms with Crippen molar-refractivity contribution in [2.45, 2.75) is 33.4 Å². The SMILES string of the molecule is CCNC(=NCc1ccccc1C)NCC(O)COc1cccc(C)c1.I. The molecular formula is C21H30IN3O2. The van der Waals surface area contributed by atoms with Crippen LogP contribution in [0.15, 0.2) is 53.5 Å². The third-order valence-electron chi connectivity index (χ3n) is 3.95. The smallest absolute Gasteiger partial charge is 0.191 e. The van der Waals surface area contributed by atoms with Gasteiger partial charge >= 0.3 is 0 Å². The molecule has 0 heterocycles. The summed E-state index contributed by atoms with van der Waals surface area (Å²) in [4.78, 5) is 4.59. The van der Waals surface area contributed by atoms with Gasteiger partial charge in [0.1, 0.15) is 18.5 Å². The minimum absolute atomic E-state index is 0. The van der Waals surface area contributed by atoms with Crippen LogP contribution in [0.25, 0.3) is 0 Å². The number of hydrogen-bond donors (Lipinski definition) is 3. The first-order chi connectivity index (χ1) is 12.6. The van der Waals surface area contributed by atoms with Crippen LogP contribution in [0.1, 0.15) is 23.6 Å². The molecule has 148 valence electrons. The summed E-state index contributed by atoms with van der Waals surface area (Å²) >= 11 is 0. The maximum atomic E-state index is 10.2. The molecule has 0 aromatic heterocycles. The van der Waals surface area contributed by atoms with Crippen LogP contribution in [0, 0.1) is 13.8 Å². The van der Waals surface area contributed by atoms with Crippen LogP contribution in [0.2, 0.25) is 0 Å². The highest BCUT2D eigenvalue weighted by atomic mass is 127. The summed E-state index contributed by atoms with van der Waals surface area (Å²) in [7, 11) is 0. The van der Waals surface area contributed by atoms with Gasteiger partial charge in [0, 0.05) is 13.1 Å². The molecule has 0 aliphatic carbocycles. The lowest BCUT2D eigenvalue weighted by Crippen LogP contribution is -2.42. The summed E-state index contributed by atoms with van der Waals surface area (Å²) in [6.45, 7) is 8.06. The number of guanidine groups is 1. The fourth-order valence-corrected chi connectivity index (χ4v) is 2.46. The molecule has 0 fully saturated rings. The first kappa shape index (κ1) is 23.2. The molecule has 3 N–H and O–H groups in total. The fourth-order valence-electron chi connectivity index (χ4n) is 2.46. The summed E-state index contributed by atoms with van der Waals surface area (Å²) in [5.74, 6) is 1.45. The van der Waals surface area contributed by atoms with Crippen molar-refractivity contribution in [3.63, 3.8) is 0 Å². The minimum atomic E-state index is -0.627. The number of aliphatic imine (C=N–C) groups is 1. The molecule has 5 nitrogen and oxygen atoms in total. The summed E-state index contributed by atoms with van der Waals surface area (Å²) < 4.78 is 5.64. The molecule has 2 rings (SSSR count). The van der Waals surface area contributed by atoms with Crippen LogP contribution >= 0.6 is 24.0 Å². The predicted molar refractivity (Wildman–Crippen MR) is 122 cm³/mol. The molecule has 0 aliphatic heterocycles. The van der Waals surface area contributed by atoms with Crippen molar-refractivity contribution >= 4 is 29.9 Å². The molecule has 6 heteroatoms. The number of aliphatic hydroxyl groups is 1. The van der Waals surface area contributed by atoms with E-state index in [0.29, 0.717) is 19.0 Å². The lowest BCUT2D eigenvalue weighted by atomic mass is 10.1. The average Bonchev–Trinajstić information content (AvgIpc) is 2.63. The van der Waals surface area contributed by atoms with Crippen LogP contribution < -0.4 is 15.4 Å². The van der Waals surface area contributed by atoms with Crippen LogP contribution in [0.3, 0.4) is 0 Å². The number of nitrogens with one attached hydrogen (secondary N) is 2. The Morgan fingerprint density at radius 2 is 1.89 bits per heavy atom. The second-order valence-electron chi connectivity index (χ2n) is 6.28. The van der Waals surface area contributed by atoms with E-state index in [-0.39, 0.29) is 30.6 Å². The van der Waals surface area contributed by atoms with Crippen molar-refractivity contribution in [3.05, 3.63) is 65.2 Å². The second-order valence-corrected chi connectivity index (χ2v) is 6.28. The van der Waals surface area contributed by atoms with E-state index in [0.717, 1.165) is 17.9 Å². The fraction of sp³-hybridized carbons (Fsp3) is 0.381. The summed E-state index contributed by atoms with van der Waals surface area (Å²) in [6.07, 6.45) is -0.627. The van der Waals surface area contributed by atoms with E-state index in [1.165, 1.54) is 11.1 Å². The number of ether oxygens (including phenoxy) is 1. The van der Waals surface area contributed by atoms with Crippen molar-refractivity contribution < 1.29 is 9.84 Å². The molecule has 0 radical (unpaired) electrons. The molecule has 2 aromatic rings. The van der Waals surface area contributed by atoms with Gasteiger partial charge in [-0.3, -0.25) is 0 Å². The van der Waals surface area contributed by atoms with E-state index in [4.69, 9.17) is 4.74 Å². The van der Waals surface area contributed by atoms with Crippen molar-refractivity contribution in [2.24, 2.45) is 4.99 Å². The van der Waals surface area contributed by atoms with Gasteiger partial charge in [-0.25, -0.2) is 4.99 Å². The first-order valence-corrected chi connectivity index (χ1v) is 9.02. The van der Waals surface area contributed by atoms with Gasteiger partial charge in [-0.2, -0.15) is 0 Å². The molecular weight excluding hydrogens is 453 g/mol. The number of halogens is 1. The maximum absolute atomic E-state index is 10.2. The Morgan fingerprint density at radius 3 is 2.59 bits per heavy atom. The molecule has 0 aliphatic rings. The van der Waals surface area contributed by atoms with E-state index in [1.807, 2.05) is 50.2 Å². The van der Waals surface area contributed by atoms with Crippen LogP contribution in [-0.2, 0) is 6.54 Å². The molecule has 0 spiro atoms. The number of hydrogen-bond acceptors (Lipinski definition) is 3. The Morgan fingerprint density at radius 1 is 1.11 bits per heavy atom. The lowest BCUT2D eigenvalue weighted by Gasteiger charge is -2.16. The lowest BCUT2D eigenvalue weighted by molar-refractivity contribution is 0.110. The highest BCUT2D eigenvalue weighted by Crippen LogP contribution is 2.12. The molecule has 2 aromatic carbocycles. The Labute approximate surface area is 179 Å². The molecule has 0 saturated heterocycles. The Hall–Kier alpha value is -1.80. The zero-order chi connectivity index (χ0) is 18.8. The van der Waals surface area contributed by atoms with Crippen molar-refractivity contribution in [1.29, 1.82) is 0 Å². The van der Waals surface area contributed by atoms with Crippen molar-refractivity contribution in [2.75, 3.05) is 19.7 Å². The number of nitrogens with zero attached hydrogens (tertiary/aromatic N) is 1. The van der Waals surface area contributed by atoms with E-state index >= 15 is 0 Å². The highest BCUT2D eigenvalue weighted by Gasteiger charge is 2.07. The third-order valence-corrected chi connectivity index (χ3v) is 3.95. The molecule has 0 amide bonds. The molecule has 0 saturated carbocycles. The number of rotatable bonds is 8. The first-order valence-electron chi connectivity index (χ1n) is 9.02. The van der Waals surface area contributed by atoms with Crippen molar-refractivity contribution in [3.8, 4) is 5.75 Å². The van der Waals surface area contributed by atoms with Gasteiger partial charge in [-0.1, -0.05) is 36.4 Å². The predicted octanol–water partition coefficient (Wildman–Crippen LogP) is 3.42. The molecule has 1 atom stereocenters. The van der Waals surface area contributed by atoms with E-state index in [9.17, 15) is 5.11 Å². The second kappa shape index (κ2) is 12.6. The normalized spacial score (nSPS) is 12.1. The number of aryl methyl sites for hydroxylation is 2. The van der Waals surface area contributed by atoms with Crippen LogP contribution in [0.5, 0.6) is 5.75 Å². The summed E-state index contributed by atoms with van der Waals surface area (Å²) in [5.41, 5.74) is 3.54. The Kier molecular flexibility index (Phi) is 10.8. The van der Waals surface area contributed by atoms with Gasteiger partial charge in [0.2, 0.25) is 0 Å². The minimum Gasteiger partial charge on any atom is -0.491 e. The van der Waals surface area contributed by atoms with Gasteiger partial charge in [-0.05, 0) is 49.6 Å². The molecule has 27 heavy (non-hydrogen) atoms. The van der Waals surface area contributed by atoms with Gasteiger partial charge in [0.25, 0.3) is 0 Å². The summed E-state index contributed by atoms with van der Waals surface area (Å²) in [6, 6.07) is 16.0. The molecule has 0 bridgehead atoms. The zero-order valence-corrected chi connectivity index (χ0v) is 18.6. The average molecular weight is 483 g/mol.